The summed E-state index contributed by atoms with van der Waals surface area (Å²) in [6.45, 7) is 2.54. The highest BCUT2D eigenvalue weighted by molar-refractivity contribution is 6.17. The van der Waals surface area contributed by atoms with Gasteiger partial charge in [-0.05, 0) is 35.6 Å². The lowest BCUT2D eigenvalue weighted by Gasteiger charge is -2.06. The average Bonchev–Trinajstić information content (AvgIpc) is 2.78. The lowest BCUT2D eigenvalue weighted by atomic mass is 10.1. The summed E-state index contributed by atoms with van der Waals surface area (Å²) in [6.07, 6.45) is 3.44. The van der Waals surface area contributed by atoms with Gasteiger partial charge in [0.05, 0.1) is 0 Å². The second-order valence-electron chi connectivity index (χ2n) is 4.78. The van der Waals surface area contributed by atoms with Crippen LogP contribution in [0.3, 0.4) is 0 Å². The second kappa shape index (κ2) is 6.06. The summed E-state index contributed by atoms with van der Waals surface area (Å²) < 4.78 is 2.17. The number of aromatic nitrogens is 1. The fraction of sp³-hybridized carbons (Fsp3) is 0.429. The largest absolute Gasteiger partial charge is 0.347 e. The molecule has 2 aromatic rings. The Kier molecular flexibility index (Phi) is 4.43. The van der Waals surface area contributed by atoms with Crippen molar-refractivity contribution in [3.63, 3.8) is 0 Å². The maximum atomic E-state index is 10.7. The minimum atomic E-state index is -0.546. The molecule has 0 bridgehead atoms. The zero-order valence-electron chi connectivity index (χ0n) is 10.9. The smallest absolute Gasteiger partial charge is 0.214 e. The van der Waals surface area contributed by atoms with E-state index < -0.39 is 6.04 Å². The number of nitro groups is 1. The third-order valence-corrected chi connectivity index (χ3v) is 3.53. The normalized spacial score (nSPS) is 12.7. The Bertz CT molecular complexity index is 580. The Balaban J connectivity index is 2.20. The summed E-state index contributed by atoms with van der Waals surface area (Å²) in [4.78, 5) is 10.4. The van der Waals surface area contributed by atoms with Gasteiger partial charge in [0.2, 0.25) is 6.04 Å². The molecule has 5 heteroatoms. The third-order valence-electron chi connectivity index (χ3n) is 3.26. The molecular weight excluding hydrogens is 264 g/mol. The predicted octanol–water partition coefficient (Wildman–Crippen LogP) is 3.48. The lowest BCUT2D eigenvalue weighted by Crippen LogP contribution is -2.17. The highest BCUT2D eigenvalue weighted by Gasteiger charge is 2.13. The SMILES string of the molecule is CC(Cc1ccc2c(ccn2CCCCl)c1)[N+](=O)[O-]. The number of halogens is 1. The van der Waals surface area contributed by atoms with Crippen LogP contribution in [-0.4, -0.2) is 21.4 Å². The Morgan fingerprint density at radius 1 is 1.42 bits per heavy atom. The van der Waals surface area contributed by atoms with Gasteiger partial charge in [-0.15, -0.1) is 11.6 Å². The molecule has 0 amide bonds. The molecule has 102 valence electrons. The van der Waals surface area contributed by atoms with E-state index in [0.29, 0.717) is 12.3 Å². The lowest BCUT2D eigenvalue weighted by molar-refractivity contribution is -0.517. The maximum absolute atomic E-state index is 10.7. The first-order chi connectivity index (χ1) is 9.11. The molecular formula is C14H17ClN2O2. The third kappa shape index (κ3) is 3.26. The number of aryl methyl sites for hydroxylation is 1. The van der Waals surface area contributed by atoms with Crippen LogP contribution in [0.4, 0.5) is 0 Å². The maximum Gasteiger partial charge on any atom is 0.214 e. The molecule has 0 saturated carbocycles. The zero-order chi connectivity index (χ0) is 13.8. The van der Waals surface area contributed by atoms with Crippen molar-refractivity contribution < 1.29 is 4.92 Å². The van der Waals surface area contributed by atoms with Crippen molar-refractivity contribution in [2.45, 2.75) is 32.4 Å². The van der Waals surface area contributed by atoms with E-state index in [2.05, 4.69) is 4.57 Å². The second-order valence-corrected chi connectivity index (χ2v) is 5.16. The van der Waals surface area contributed by atoms with Gasteiger partial charge in [-0.25, -0.2) is 0 Å². The molecule has 0 spiro atoms. The van der Waals surface area contributed by atoms with E-state index in [4.69, 9.17) is 11.6 Å². The van der Waals surface area contributed by atoms with Crippen LogP contribution in [0, 0.1) is 10.1 Å². The monoisotopic (exact) mass is 280 g/mol. The van der Waals surface area contributed by atoms with E-state index in [1.54, 1.807) is 6.92 Å². The quantitative estimate of drug-likeness (QED) is 0.462. The van der Waals surface area contributed by atoms with Gasteiger partial charge < -0.3 is 4.57 Å². The van der Waals surface area contributed by atoms with E-state index in [-0.39, 0.29) is 4.92 Å². The van der Waals surface area contributed by atoms with Gasteiger partial charge in [0.25, 0.3) is 0 Å². The van der Waals surface area contributed by atoms with Gasteiger partial charge in [0.1, 0.15) is 0 Å². The fourth-order valence-corrected chi connectivity index (χ4v) is 2.34. The highest BCUT2D eigenvalue weighted by Crippen LogP contribution is 2.19. The first-order valence-corrected chi connectivity index (χ1v) is 6.92. The standard InChI is InChI=1S/C14H17ClN2O2/c1-11(17(18)19)9-12-3-4-14-13(10-12)5-8-16(14)7-2-6-15/h3-5,8,10-11H,2,6-7,9H2,1H3. The van der Waals surface area contributed by atoms with Gasteiger partial charge >= 0.3 is 0 Å². The summed E-state index contributed by atoms with van der Waals surface area (Å²) in [5.41, 5.74) is 2.16. The van der Waals surface area contributed by atoms with E-state index in [0.717, 1.165) is 29.4 Å². The molecule has 1 aromatic carbocycles. The molecule has 4 nitrogen and oxygen atoms in total. The Hall–Kier alpha value is -1.55. The van der Waals surface area contributed by atoms with Crippen molar-refractivity contribution in [1.29, 1.82) is 0 Å². The molecule has 19 heavy (non-hydrogen) atoms. The minimum absolute atomic E-state index is 0.240. The molecule has 1 aromatic heterocycles. The predicted molar refractivity (Wildman–Crippen MR) is 77.4 cm³/mol. The summed E-state index contributed by atoms with van der Waals surface area (Å²) in [5, 5.41) is 11.8. The van der Waals surface area contributed by atoms with Crippen LogP contribution < -0.4 is 0 Å². The Labute approximate surface area is 117 Å². The van der Waals surface area contributed by atoms with E-state index >= 15 is 0 Å². The Morgan fingerprint density at radius 3 is 2.89 bits per heavy atom. The molecule has 2 rings (SSSR count). The van der Waals surface area contributed by atoms with Crippen molar-refractivity contribution in [2.24, 2.45) is 0 Å². The minimum Gasteiger partial charge on any atom is -0.347 e. The van der Waals surface area contributed by atoms with Crippen LogP contribution in [0.5, 0.6) is 0 Å². The molecule has 0 aliphatic heterocycles. The average molecular weight is 281 g/mol. The molecule has 1 heterocycles. The zero-order valence-corrected chi connectivity index (χ0v) is 11.6. The number of rotatable bonds is 6. The number of hydrogen-bond donors (Lipinski definition) is 0. The molecule has 1 unspecified atom stereocenters. The fourth-order valence-electron chi connectivity index (χ4n) is 2.22. The molecule has 0 saturated heterocycles. The Morgan fingerprint density at radius 2 is 2.21 bits per heavy atom. The molecule has 1 atom stereocenters. The number of alkyl halides is 1. The van der Waals surface area contributed by atoms with E-state index in [1.165, 1.54) is 0 Å². The van der Waals surface area contributed by atoms with Crippen LogP contribution in [-0.2, 0) is 13.0 Å². The first-order valence-electron chi connectivity index (χ1n) is 6.39. The van der Waals surface area contributed by atoms with E-state index in [9.17, 15) is 10.1 Å². The van der Waals surface area contributed by atoms with Gasteiger partial charge in [-0.1, -0.05) is 6.07 Å². The first kappa shape index (κ1) is 13.9. The molecule has 0 N–H and O–H groups in total. The van der Waals surface area contributed by atoms with Crippen molar-refractivity contribution in [3.8, 4) is 0 Å². The van der Waals surface area contributed by atoms with Crippen molar-refractivity contribution in [2.75, 3.05) is 5.88 Å². The summed E-state index contributed by atoms with van der Waals surface area (Å²) in [7, 11) is 0. The number of nitrogens with zero attached hydrogens (tertiary/aromatic N) is 2. The molecule has 0 radical (unpaired) electrons. The van der Waals surface area contributed by atoms with Crippen LogP contribution in [0.1, 0.15) is 18.9 Å². The molecule has 0 aliphatic carbocycles. The summed E-state index contributed by atoms with van der Waals surface area (Å²) in [6, 6.07) is 7.54. The molecule has 0 aliphatic rings. The van der Waals surface area contributed by atoms with E-state index in [1.807, 2.05) is 30.5 Å². The molecule has 0 fully saturated rings. The highest BCUT2D eigenvalue weighted by atomic mass is 35.5. The van der Waals surface area contributed by atoms with Gasteiger partial charge in [0.15, 0.2) is 0 Å². The number of hydrogen-bond acceptors (Lipinski definition) is 2. The number of fused-ring (bicyclic) bond motifs is 1. The van der Waals surface area contributed by atoms with Gasteiger partial charge in [-0.2, -0.15) is 0 Å². The summed E-state index contributed by atoms with van der Waals surface area (Å²) >= 11 is 5.70. The summed E-state index contributed by atoms with van der Waals surface area (Å²) in [5.74, 6) is 0.651. The van der Waals surface area contributed by atoms with Crippen LogP contribution in [0.25, 0.3) is 10.9 Å². The number of benzene rings is 1. The van der Waals surface area contributed by atoms with Gasteiger partial charge in [0, 0.05) is 42.4 Å². The van der Waals surface area contributed by atoms with Crippen LogP contribution in [0.15, 0.2) is 30.5 Å². The van der Waals surface area contributed by atoms with Gasteiger partial charge in [-0.3, -0.25) is 10.1 Å². The van der Waals surface area contributed by atoms with Crippen molar-refractivity contribution >= 4 is 22.5 Å². The van der Waals surface area contributed by atoms with Crippen LogP contribution in [0.2, 0.25) is 0 Å². The van der Waals surface area contributed by atoms with Crippen LogP contribution >= 0.6 is 11.6 Å². The van der Waals surface area contributed by atoms with Crippen molar-refractivity contribution in [3.05, 3.63) is 46.1 Å². The topological polar surface area (TPSA) is 48.1 Å². The van der Waals surface area contributed by atoms with Crippen molar-refractivity contribution in [1.82, 2.24) is 4.57 Å².